The lowest BCUT2D eigenvalue weighted by Crippen LogP contribution is -2.49. The number of nitrogens with zero attached hydrogens (tertiary/aromatic N) is 3. The average molecular weight is 416 g/mol. The van der Waals surface area contributed by atoms with E-state index in [1.54, 1.807) is 12.1 Å². The molecule has 2 saturated heterocycles. The lowest BCUT2D eigenvalue weighted by Gasteiger charge is -2.39. The number of carbonyl (C=O) groups excluding carboxylic acids is 1. The summed E-state index contributed by atoms with van der Waals surface area (Å²) in [4.78, 5) is 18.1. The van der Waals surface area contributed by atoms with Gasteiger partial charge in [0.1, 0.15) is 12.3 Å². The topological polar surface area (TPSA) is 39.9 Å². The molecule has 2 aliphatic heterocycles. The molecule has 1 aromatic rings. The first-order valence-corrected chi connectivity index (χ1v) is 10.6. The van der Waals surface area contributed by atoms with E-state index in [9.17, 15) is 18.0 Å². The van der Waals surface area contributed by atoms with Crippen molar-refractivity contribution in [2.45, 2.75) is 57.8 Å². The van der Waals surface area contributed by atoms with E-state index in [2.05, 4.69) is 11.8 Å². The van der Waals surface area contributed by atoms with Gasteiger partial charge in [0.25, 0.3) is 0 Å². The summed E-state index contributed by atoms with van der Waals surface area (Å²) in [5, 5.41) is 0. The smallest absolute Gasteiger partial charge is 0.406 e. The van der Waals surface area contributed by atoms with E-state index < -0.39 is 18.6 Å². The summed E-state index contributed by atoms with van der Waals surface area (Å²) in [5.74, 6) is 0.335. The molecule has 0 N–H and O–H groups in total. The Kier molecular flexibility index (Phi) is 7.62. The molecular formula is C21H32F3N3O2. The molecular weight excluding hydrogens is 383 g/mol. The summed E-state index contributed by atoms with van der Waals surface area (Å²) in [6, 6.07) is 3.80. The molecule has 0 saturated carbocycles. The zero-order valence-electron chi connectivity index (χ0n) is 17.2. The third-order valence-electron chi connectivity index (χ3n) is 6.04. The Balaban J connectivity index is 1.55. The SMILES string of the molecule is CC1CCCCN1CC1CCCN(CC(=O)N(Cc2ccco2)CC(F)(F)F)C1. The van der Waals surface area contributed by atoms with Gasteiger partial charge in [0.15, 0.2) is 0 Å². The summed E-state index contributed by atoms with van der Waals surface area (Å²) >= 11 is 0. The number of alkyl halides is 3. The summed E-state index contributed by atoms with van der Waals surface area (Å²) in [6.45, 7) is 4.57. The Labute approximate surface area is 170 Å². The van der Waals surface area contributed by atoms with Gasteiger partial charge < -0.3 is 14.2 Å². The van der Waals surface area contributed by atoms with Gasteiger partial charge in [0.2, 0.25) is 5.91 Å². The number of halogens is 3. The lowest BCUT2D eigenvalue weighted by molar-refractivity contribution is -0.163. The molecule has 1 amide bonds. The molecule has 0 bridgehead atoms. The molecule has 0 aliphatic carbocycles. The number of hydrogen-bond donors (Lipinski definition) is 0. The molecule has 0 spiro atoms. The maximum Gasteiger partial charge on any atom is 0.406 e. The predicted octanol–water partition coefficient (Wildman–Crippen LogP) is 3.76. The molecule has 2 unspecified atom stereocenters. The summed E-state index contributed by atoms with van der Waals surface area (Å²) in [7, 11) is 0. The number of rotatable bonds is 7. The van der Waals surface area contributed by atoms with E-state index in [1.165, 1.54) is 25.5 Å². The van der Waals surface area contributed by atoms with Crippen LogP contribution in [-0.4, -0.2) is 72.1 Å². The highest BCUT2D eigenvalue weighted by molar-refractivity contribution is 5.78. The van der Waals surface area contributed by atoms with Crippen molar-refractivity contribution in [1.82, 2.24) is 14.7 Å². The highest BCUT2D eigenvalue weighted by atomic mass is 19.4. The van der Waals surface area contributed by atoms with Crippen LogP contribution in [0.1, 0.15) is 44.8 Å². The molecule has 3 rings (SSSR count). The van der Waals surface area contributed by atoms with Crippen LogP contribution in [0.25, 0.3) is 0 Å². The summed E-state index contributed by atoms with van der Waals surface area (Å²) in [6.07, 6.45) is 2.82. The highest BCUT2D eigenvalue weighted by Crippen LogP contribution is 2.23. The molecule has 29 heavy (non-hydrogen) atoms. The van der Waals surface area contributed by atoms with Crippen LogP contribution >= 0.6 is 0 Å². The maximum absolute atomic E-state index is 13.0. The van der Waals surface area contributed by atoms with Gasteiger partial charge in [-0.05, 0) is 63.7 Å². The van der Waals surface area contributed by atoms with Crippen molar-refractivity contribution in [3.05, 3.63) is 24.2 Å². The van der Waals surface area contributed by atoms with Crippen molar-refractivity contribution in [2.24, 2.45) is 5.92 Å². The fourth-order valence-corrected chi connectivity index (χ4v) is 4.54. The van der Waals surface area contributed by atoms with Gasteiger partial charge in [-0.2, -0.15) is 13.2 Å². The first-order chi connectivity index (χ1) is 13.8. The lowest BCUT2D eigenvalue weighted by atomic mass is 9.95. The predicted molar refractivity (Wildman–Crippen MR) is 104 cm³/mol. The Bertz CT molecular complexity index is 636. The second kappa shape index (κ2) is 9.98. The Morgan fingerprint density at radius 3 is 2.76 bits per heavy atom. The third kappa shape index (κ3) is 7.03. The second-order valence-electron chi connectivity index (χ2n) is 8.53. The minimum atomic E-state index is -4.43. The number of furan rings is 1. The molecule has 3 heterocycles. The van der Waals surface area contributed by atoms with Crippen LogP contribution in [0.4, 0.5) is 13.2 Å². The molecule has 0 radical (unpaired) electrons. The van der Waals surface area contributed by atoms with Crippen molar-refractivity contribution in [2.75, 3.05) is 39.3 Å². The van der Waals surface area contributed by atoms with Gasteiger partial charge in [-0.3, -0.25) is 9.69 Å². The Hall–Kier alpha value is -1.54. The molecule has 1 aromatic heterocycles. The van der Waals surface area contributed by atoms with Crippen molar-refractivity contribution in [1.29, 1.82) is 0 Å². The minimum Gasteiger partial charge on any atom is -0.467 e. The van der Waals surface area contributed by atoms with Crippen LogP contribution < -0.4 is 0 Å². The van der Waals surface area contributed by atoms with E-state index in [-0.39, 0.29) is 13.1 Å². The fourth-order valence-electron chi connectivity index (χ4n) is 4.54. The van der Waals surface area contributed by atoms with Gasteiger partial charge in [0, 0.05) is 19.1 Å². The fraction of sp³-hybridized carbons (Fsp3) is 0.762. The first-order valence-electron chi connectivity index (χ1n) is 10.6. The number of carbonyl (C=O) groups is 1. The van der Waals surface area contributed by atoms with E-state index in [1.807, 2.05) is 4.90 Å². The van der Waals surface area contributed by atoms with Gasteiger partial charge in [-0.15, -0.1) is 0 Å². The molecule has 2 fully saturated rings. The van der Waals surface area contributed by atoms with Gasteiger partial charge >= 0.3 is 6.18 Å². The van der Waals surface area contributed by atoms with E-state index in [4.69, 9.17) is 4.42 Å². The van der Waals surface area contributed by atoms with Crippen molar-refractivity contribution < 1.29 is 22.4 Å². The zero-order valence-corrected chi connectivity index (χ0v) is 17.2. The zero-order chi connectivity index (χ0) is 20.9. The number of amides is 1. The van der Waals surface area contributed by atoms with E-state index >= 15 is 0 Å². The molecule has 0 aromatic carbocycles. The van der Waals surface area contributed by atoms with Crippen LogP contribution in [0.5, 0.6) is 0 Å². The average Bonchev–Trinajstić information content (AvgIpc) is 3.15. The largest absolute Gasteiger partial charge is 0.467 e. The van der Waals surface area contributed by atoms with E-state index in [0.717, 1.165) is 43.9 Å². The number of piperidine rings is 2. The maximum atomic E-state index is 13.0. The van der Waals surface area contributed by atoms with Crippen LogP contribution in [0.15, 0.2) is 22.8 Å². The molecule has 8 heteroatoms. The Morgan fingerprint density at radius 2 is 2.07 bits per heavy atom. The normalized spacial score (nSPS) is 24.6. The van der Waals surface area contributed by atoms with E-state index in [0.29, 0.717) is 17.7 Å². The monoisotopic (exact) mass is 415 g/mol. The van der Waals surface area contributed by atoms with Crippen molar-refractivity contribution >= 4 is 5.91 Å². The van der Waals surface area contributed by atoms with Crippen LogP contribution in [0.2, 0.25) is 0 Å². The third-order valence-corrected chi connectivity index (χ3v) is 6.04. The number of hydrogen-bond acceptors (Lipinski definition) is 4. The van der Waals surface area contributed by atoms with Crippen LogP contribution in [0, 0.1) is 5.92 Å². The summed E-state index contributed by atoms with van der Waals surface area (Å²) in [5.41, 5.74) is 0. The highest BCUT2D eigenvalue weighted by Gasteiger charge is 2.34. The summed E-state index contributed by atoms with van der Waals surface area (Å²) < 4.78 is 44.1. The second-order valence-corrected chi connectivity index (χ2v) is 8.53. The van der Waals surface area contributed by atoms with Gasteiger partial charge in [0.05, 0.1) is 19.4 Å². The molecule has 2 aliphatic rings. The van der Waals surface area contributed by atoms with Crippen molar-refractivity contribution in [3.63, 3.8) is 0 Å². The van der Waals surface area contributed by atoms with Crippen LogP contribution in [-0.2, 0) is 11.3 Å². The quantitative estimate of drug-likeness (QED) is 0.680. The molecule has 5 nitrogen and oxygen atoms in total. The molecule has 2 atom stereocenters. The van der Waals surface area contributed by atoms with Crippen molar-refractivity contribution in [3.8, 4) is 0 Å². The van der Waals surface area contributed by atoms with Crippen LogP contribution in [0.3, 0.4) is 0 Å². The number of likely N-dealkylation sites (tertiary alicyclic amines) is 2. The molecule has 164 valence electrons. The van der Waals surface area contributed by atoms with Gasteiger partial charge in [-0.25, -0.2) is 0 Å². The minimum absolute atomic E-state index is 0.0306. The van der Waals surface area contributed by atoms with Gasteiger partial charge in [-0.1, -0.05) is 6.42 Å². The standard InChI is InChI=1S/C21H32F3N3O2/c1-17-6-2-3-10-26(17)13-18-7-4-9-25(12-18)15-20(28)27(16-21(22,23)24)14-19-8-5-11-29-19/h5,8,11,17-18H,2-4,6-7,9-10,12-16H2,1H3. The first kappa shape index (κ1) is 22.2. The Morgan fingerprint density at radius 1 is 1.24 bits per heavy atom.